The molecular weight excluding hydrogens is 278 g/mol. The number of nitrogens with one attached hydrogen (secondary N) is 2. The van der Waals surface area contributed by atoms with E-state index in [0.717, 1.165) is 6.54 Å². The summed E-state index contributed by atoms with van der Waals surface area (Å²) in [5, 5.41) is 2.90. The van der Waals surface area contributed by atoms with Crippen LogP contribution in [0.3, 0.4) is 0 Å². The Hall–Kier alpha value is -1.88. The molecule has 0 radical (unpaired) electrons. The molecular formula is C17H26N3O2+. The van der Waals surface area contributed by atoms with Gasteiger partial charge in [-0.1, -0.05) is 6.42 Å². The third-order valence-electron chi connectivity index (χ3n) is 4.48. The van der Waals surface area contributed by atoms with E-state index in [1.807, 2.05) is 0 Å². The van der Waals surface area contributed by atoms with Gasteiger partial charge < -0.3 is 16.0 Å². The Bertz CT molecular complexity index is 507. The summed E-state index contributed by atoms with van der Waals surface area (Å²) >= 11 is 0. The maximum atomic E-state index is 12.2. The van der Waals surface area contributed by atoms with Crippen molar-refractivity contribution in [1.82, 2.24) is 0 Å². The Balaban J connectivity index is 1.89. The number of primary amides is 1. The number of hydrogen-bond acceptors (Lipinski definition) is 2. The van der Waals surface area contributed by atoms with Gasteiger partial charge in [0.2, 0.25) is 5.91 Å². The molecule has 2 amide bonds. The number of hydrogen-bond donors (Lipinski definition) is 3. The van der Waals surface area contributed by atoms with Gasteiger partial charge >= 0.3 is 0 Å². The van der Waals surface area contributed by atoms with Gasteiger partial charge in [0.1, 0.15) is 0 Å². The molecule has 120 valence electrons. The summed E-state index contributed by atoms with van der Waals surface area (Å²) in [7, 11) is 0. The van der Waals surface area contributed by atoms with Crippen molar-refractivity contribution in [3.63, 3.8) is 0 Å². The van der Waals surface area contributed by atoms with Crippen LogP contribution in [-0.4, -0.2) is 30.9 Å². The third-order valence-corrected chi connectivity index (χ3v) is 4.48. The molecule has 1 saturated carbocycles. The van der Waals surface area contributed by atoms with Gasteiger partial charge in [-0.05, 0) is 56.9 Å². The first kappa shape index (κ1) is 16.5. The molecule has 5 heteroatoms. The minimum absolute atomic E-state index is 0.0225. The van der Waals surface area contributed by atoms with Crippen LogP contribution < -0.4 is 16.0 Å². The second kappa shape index (κ2) is 7.94. The number of amides is 2. The Morgan fingerprint density at radius 1 is 1.18 bits per heavy atom. The predicted molar refractivity (Wildman–Crippen MR) is 86.8 cm³/mol. The van der Waals surface area contributed by atoms with E-state index < -0.39 is 5.91 Å². The van der Waals surface area contributed by atoms with Gasteiger partial charge in [0.15, 0.2) is 6.54 Å². The molecule has 1 aromatic carbocycles. The molecule has 22 heavy (non-hydrogen) atoms. The highest BCUT2D eigenvalue weighted by molar-refractivity contribution is 5.95. The fraction of sp³-hybridized carbons (Fsp3) is 0.529. The average molecular weight is 304 g/mol. The van der Waals surface area contributed by atoms with Gasteiger partial charge in [0.05, 0.1) is 12.6 Å². The van der Waals surface area contributed by atoms with Crippen molar-refractivity contribution in [3.8, 4) is 0 Å². The van der Waals surface area contributed by atoms with Crippen molar-refractivity contribution >= 4 is 17.5 Å². The number of nitrogens with two attached hydrogens (primary N) is 1. The van der Waals surface area contributed by atoms with Crippen LogP contribution in [0.1, 0.15) is 49.4 Å². The van der Waals surface area contributed by atoms with Crippen molar-refractivity contribution in [2.75, 3.05) is 18.4 Å². The van der Waals surface area contributed by atoms with Crippen LogP contribution >= 0.6 is 0 Å². The lowest BCUT2D eigenvalue weighted by molar-refractivity contribution is -0.917. The molecule has 1 aromatic rings. The Morgan fingerprint density at radius 2 is 1.82 bits per heavy atom. The number of rotatable bonds is 6. The summed E-state index contributed by atoms with van der Waals surface area (Å²) in [5.74, 6) is -0.439. The minimum Gasteiger partial charge on any atom is -0.366 e. The molecule has 0 heterocycles. The van der Waals surface area contributed by atoms with Crippen molar-refractivity contribution in [3.05, 3.63) is 29.8 Å². The molecule has 0 saturated heterocycles. The average Bonchev–Trinajstić information content (AvgIpc) is 2.54. The van der Waals surface area contributed by atoms with E-state index in [1.165, 1.54) is 37.0 Å². The Kier molecular flexibility index (Phi) is 5.95. The maximum Gasteiger partial charge on any atom is 0.279 e. The Labute approximate surface area is 131 Å². The van der Waals surface area contributed by atoms with Crippen LogP contribution in [0.2, 0.25) is 0 Å². The van der Waals surface area contributed by atoms with E-state index in [0.29, 0.717) is 23.8 Å². The SMILES string of the molecule is CC[NH+](CC(=O)Nc1ccc(C(N)=O)cc1)C1CCCCC1. The van der Waals surface area contributed by atoms with E-state index in [2.05, 4.69) is 12.2 Å². The van der Waals surface area contributed by atoms with Crippen LogP contribution in [0.25, 0.3) is 0 Å². The number of benzene rings is 1. The maximum absolute atomic E-state index is 12.2. The van der Waals surface area contributed by atoms with E-state index >= 15 is 0 Å². The molecule has 0 aromatic heterocycles. The summed E-state index contributed by atoms with van der Waals surface area (Å²) in [6.07, 6.45) is 6.34. The number of carbonyl (C=O) groups is 2. The highest BCUT2D eigenvalue weighted by atomic mass is 16.2. The van der Waals surface area contributed by atoms with Gasteiger partial charge in [0, 0.05) is 11.3 Å². The smallest absolute Gasteiger partial charge is 0.279 e. The number of likely N-dealkylation sites (N-methyl/N-ethyl adjacent to an activating group) is 1. The van der Waals surface area contributed by atoms with E-state index in [1.54, 1.807) is 24.3 Å². The largest absolute Gasteiger partial charge is 0.366 e. The number of carbonyl (C=O) groups excluding carboxylic acids is 2. The summed E-state index contributed by atoms with van der Waals surface area (Å²) < 4.78 is 0. The summed E-state index contributed by atoms with van der Waals surface area (Å²) in [4.78, 5) is 24.6. The molecule has 1 atom stereocenters. The van der Waals surface area contributed by atoms with Gasteiger partial charge in [-0.3, -0.25) is 9.59 Å². The zero-order valence-corrected chi connectivity index (χ0v) is 13.2. The van der Waals surface area contributed by atoms with Gasteiger partial charge in [-0.25, -0.2) is 0 Å². The normalized spacial score (nSPS) is 17.0. The van der Waals surface area contributed by atoms with Crippen LogP contribution in [0, 0.1) is 0 Å². The third kappa shape index (κ3) is 4.56. The molecule has 1 aliphatic carbocycles. The topological polar surface area (TPSA) is 76.6 Å². The van der Waals surface area contributed by atoms with Gasteiger partial charge in [-0.15, -0.1) is 0 Å². The van der Waals surface area contributed by atoms with E-state index in [-0.39, 0.29) is 5.91 Å². The number of anilines is 1. The summed E-state index contributed by atoms with van der Waals surface area (Å²) in [6, 6.07) is 7.29. The van der Waals surface area contributed by atoms with E-state index in [9.17, 15) is 9.59 Å². The molecule has 1 aliphatic rings. The molecule has 0 aliphatic heterocycles. The Morgan fingerprint density at radius 3 is 2.36 bits per heavy atom. The fourth-order valence-corrected chi connectivity index (χ4v) is 3.20. The van der Waals surface area contributed by atoms with Crippen LogP contribution in [0.5, 0.6) is 0 Å². The fourth-order valence-electron chi connectivity index (χ4n) is 3.20. The molecule has 0 bridgehead atoms. The summed E-state index contributed by atoms with van der Waals surface area (Å²) in [6.45, 7) is 3.61. The lowest BCUT2D eigenvalue weighted by Gasteiger charge is -2.30. The van der Waals surface area contributed by atoms with Crippen molar-refractivity contribution in [2.45, 2.75) is 45.1 Å². The van der Waals surface area contributed by atoms with Gasteiger partial charge in [0.25, 0.3) is 5.91 Å². The first-order valence-electron chi connectivity index (χ1n) is 8.14. The highest BCUT2D eigenvalue weighted by Gasteiger charge is 2.25. The van der Waals surface area contributed by atoms with Crippen LogP contribution in [0.4, 0.5) is 5.69 Å². The quantitative estimate of drug-likeness (QED) is 0.732. The first-order chi connectivity index (χ1) is 10.6. The molecule has 5 nitrogen and oxygen atoms in total. The first-order valence-corrected chi connectivity index (χ1v) is 8.14. The summed E-state index contributed by atoms with van der Waals surface area (Å²) in [5.41, 5.74) is 6.35. The second-order valence-corrected chi connectivity index (χ2v) is 6.01. The standard InChI is InChI=1S/C17H25N3O2/c1-2-20(15-6-4-3-5-7-15)12-16(21)19-14-10-8-13(9-11-14)17(18)22/h8-11,15H,2-7,12H2,1H3,(H2,18,22)(H,19,21)/p+1. The second-order valence-electron chi connectivity index (χ2n) is 6.01. The van der Waals surface area contributed by atoms with Crippen molar-refractivity contribution in [1.29, 1.82) is 0 Å². The lowest BCUT2D eigenvalue weighted by Crippen LogP contribution is -3.16. The number of quaternary nitrogens is 1. The van der Waals surface area contributed by atoms with Crippen LogP contribution in [0.15, 0.2) is 24.3 Å². The molecule has 4 N–H and O–H groups in total. The minimum atomic E-state index is -0.461. The van der Waals surface area contributed by atoms with E-state index in [4.69, 9.17) is 5.73 Å². The lowest BCUT2D eigenvalue weighted by atomic mass is 9.94. The molecule has 2 rings (SSSR count). The highest BCUT2D eigenvalue weighted by Crippen LogP contribution is 2.15. The monoisotopic (exact) mass is 304 g/mol. The van der Waals surface area contributed by atoms with Gasteiger partial charge in [-0.2, -0.15) is 0 Å². The zero-order chi connectivity index (χ0) is 15.9. The predicted octanol–water partition coefficient (Wildman–Crippen LogP) is 0.962. The molecule has 1 unspecified atom stereocenters. The zero-order valence-electron chi connectivity index (χ0n) is 13.2. The van der Waals surface area contributed by atoms with Crippen molar-refractivity contribution in [2.24, 2.45) is 5.73 Å². The van der Waals surface area contributed by atoms with Crippen LogP contribution in [-0.2, 0) is 4.79 Å². The molecule has 0 spiro atoms. The van der Waals surface area contributed by atoms with Crippen molar-refractivity contribution < 1.29 is 14.5 Å². The molecule has 1 fully saturated rings.